The molecule has 2 aromatic rings. The van der Waals surface area contributed by atoms with Crippen LogP contribution in [0.15, 0.2) is 48.5 Å². The lowest BCUT2D eigenvalue weighted by molar-refractivity contribution is -0.142. The molecule has 3 N–H and O–H groups in total. The number of amides is 3. The maximum Gasteiger partial charge on any atom is 0.408 e. The van der Waals surface area contributed by atoms with Gasteiger partial charge in [-0.2, -0.15) is 0 Å². The van der Waals surface area contributed by atoms with Crippen LogP contribution >= 0.6 is 0 Å². The number of phenols is 1. The zero-order valence-corrected chi connectivity index (χ0v) is 23.0. The average molecular weight is 526 g/mol. The predicted octanol–water partition coefficient (Wildman–Crippen LogP) is 5.01. The predicted molar refractivity (Wildman–Crippen MR) is 145 cm³/mol. The van der Waals surface area contributed by atoms with E-state index in [1.54, 1.807) is 69.2 Å². The van der Waals surface area contributed by atoms with Crippen LogP contribution in [-0.4, -0.2) is 52.7 Å². The third-order valence-electron chi connectivity index (χ3n) is 6.42. The van der Waals surface area contributed by atoms with Crippen LogP contribution in [-0.2, 0) is 14.3 Å². The minimum absolute atomic E-state index is 0.0155. The van der Waals surface area contributed by atoms with Crippen LogP contribution < -0.4 is 15.4 Å². The molecule has 0 heterocycles. The van der Waals surface area contributed by atoms with E-state index in [9.17, 15) is 19.5 Å². The van der Waals surface area contributed by atoms with Gasteiger partial charge in [0, 0.05) is 11.7 Å². The van der Waals surface area contributed by atoms with Crippen LogP contribution in [0.5, 0.6) is 11.5 Å². The fraction of sp³-hybridized carbons (Fsp3) is 0.483. The molecule has 9 nitrogen and oxygen atoms in total. The highest BCUT2D eigenvalue weighted by molar-refractivity contribution is 5.99. The summed E-state index contributed by atoms with van der Waals surface area (Å²) in [6.07, 6.45) is 1.40. The van der Waals surface area contributed by atoms with Gasteiger partial charge in [-0.15, -0.1) is 0 Å². The van der Waals surface area contributed by atoms with Crippen molar-refractivity contribution >= 4 is 23.6 Å². The number of nitrogens with zero attached hydrogens (tertiary/aromatic N) is 1. The number of benzene rings is 2. The number of methoxy groups -OCH3 is 1. The van der Waals surface area contributed by atoms with Crippen molar-refractivity contribution in [3.8, 4) is 11.5 Å². The van der Waals surface area contributed by atoms with Crippen molar-refractivity contribution in [1.82, 2.24) is 10.2 Å². The molecule has 9 heteroatoms. The molecule has 206 valence electrons. The minimum atomic E-state index is -1.03. The second kappa shape index (κ2) is 12.2. The van der Waals surface area contributed by atoms with E-state index in [-0.39, 0.29) is 23.6 Å². The van der Waals surface area contributed by atoms with E-state index < -0.39 is 29.7 Å². The monoisotopic (exact) mass is 525 g/mol. The van der Waals surface area contributed by atoms with Gasteiger partial charge in [-0.3, -0.25) is 9.59 Å². The number of phenolic OH excluding ortho intramolecular Hbond substituents is 1. The van der Waals surface area contributed by atoms with Gasteiger partial charge in [0.1, 0.15) is 29.2 Å². The van der Waals surface area contributed by atoms with E-state index in [2.05, 4.69) is 10.6 Å². The summed E-state index contributed by atoms with van der Waals surface area (Å²) in [5.74, 6) is -0.386. The number of ether oxygens (including phenoxy) is 2. The molecule has 0 saturated heterocycles. The van der Waals surface area contributed by atoms with Crippen LogP contribution in [0.2, 0.25) is 0 Å². The molecule has 3 unspecified atom stereocenters. The molecule has 0 radical (unpaired) electrons. The van der Waals surface area contributed by atoms with Crippen molar-refractivity contribution in [2.45, 2.75) is 77.6 Å². The molecule has 1 aliphatic rings. The van der Waals surface area contributed by atoms with E-state index in [0.717, 1.165) is 12.8 Å². The number of aromatic hydroxyl groups is 1. The molecular formula is C29H39N3O6. The van der Waals surface area contributed by atoms with Crippen LogP contribution in [0.1, 0.15) is 65.5 Å². The smallest absolute Gasteiger partial charge is 0.408 e. The largest absolute Gasteiger partial charge is 0.508 e. The normalized spacial score (nSPS) is 15.5. The van der Waals surface area contributed by atoms with Crippen LogP contribution in [0.25, 0.3) is 0 Å². The van der Waals surface area contributed by atoms with Crippen molar-refractivity contribution < 1.29 is 29.0 Å². The van der Waals surface area contributed by atoms with E-state index in [4.69, 9.17) is 9.47 Å². The Balaban J connectivity index is 1.98. The number of hydrogen-bond acceptors (Lipinski definition) is 6. The Kier molecular flexibility index (Phi) is 9.25. The van der Waals surface area contributed by atoms with E-state index in [0.29, 0.717) is 23.4 Å². The van der Waals surface area contributed by atoms with Crippen LogP contribution in [0.3, 0.4) is 0 Å². The standard InChI is InChI=1S/C29H39N3O6/c1-7-18(2)24(31-28(36)38-29(3,4)5)27(35)32(21-13-14-21)25(19-9-8-10-22(33)17-19)26(34)30-20-11-15-23(37-6)16-12-20/h8-12,15-18,21,24-25,33H,7,13-14H2,1-6H3,(H,30,34)(H,31,36). The van der Waals surface area contributed by atoms with Crippen molar-refractivity contribution in [2.75, 3.05) is 12.4 Å². The van der Waals surface area contributed by atoms with Gasteiger partial charge < -0.3 is 30.1 Å². The third-order valence-corrected chi connectivity index (χ3v) is 6.42. The second-order valence-corrected chi connectivity index (χ2v) is 10.7. The SMILES string of the molecule is CCC(C)C(NC(=O)OC(C)(C)C)C(=O)N(C1CC1)C(C(=O)Nc1ccc(OC)cc1)c1cccc(O)c1. The Labute approximate surface area is 224 Å². The Morgan fingerprint density at radius 3 is 2.29 bits per heavy atom. The molecular weight excluding hydrogens is 486 g/mol. The fourth-order valence-electron chi connectivity index (χ4n) is 4.17. The number of carbonyl (C=O) groups excluding carboxylic acids is 3. The first kappa shape index (κ1) is 28.8. The summed E-state index contributed by atoms with van der Waals surface area (Å²) in [7, 11) is 1.56. The molecule has 3 amide bonds. The van der Waals surface area contributed by atoms with Crippen molar-refractivity contribution in [1.29, 1.82) is 0 Å². The zero-order chi connectivity index (χ0) is 28.0. The number of nitrogens with one attached hydrogen (secondary N) is 2. The van der Waals surface area contributed by atoms with Gasteiger partial charge in [0.2, 0.25) is 5.91 Å². The molecule has 1 fully saturated rings. The van der Waals surface area contributed by atoms with Crippen molar-refractivity contribution in [3.63, 3.8) is 0 Å². The average Bonchev–Trinajstić information content (AvgIpc) is 3.69. The van der Waals surface area contributed by atoms with Crippen molar-refractivity contribution in [2.24, 2.45) is 5.92 Å². The minimum Gasteiger partial charge on any atom is -0.508 e. The first-order valence-corrected chi connectivity index (χ1v) is 13.0. The summed E-state index contributed by atoms with van der Waals surface area (Å²) in [6, 6.07) is 11.1. The number of anilines is 1. The number of carbonyl (C=O) groups is 3. The molecule has 0 aromatic heterocycles. The Morgan fingerprint density at radius 1 is 1.11 bits per heavy atom. The maximum absolute atomic E-state index is 14.2. The fourth-order valence-corrected chi connectivity index (χ4v) is 4.17. The lowest BCUT2D eigenvalue weighted by Gasteiger charge is -2.36. The van der Waals surface area contributed by atoms with Gasteiger partial charge in [-0.1, -0.05) is 32.4 Å². The quantitative estimate of drug-likeness (QED) is 0.401. The van der Waals surface area contributed by atoms with Gasteiger partial charge in [0.15, 0.2) is 0 Å². The zero-order valence-electron chi connectivity index (χ0n) is 23.0. The number of rotatable bonds is 10. The molecule has 0 bridgehead atoms. The van der Waals surface area contributed by atoms with Crippen molar-refractivity contribution in [3.05, 3.63) is 54.1 Å². The molecule has 2 aromatic carbocycles. The first-order chi connectivity index (χ1) is 17.9. The number of hydrogen-bond donors (Lipinski definition) is 3. The molecule has 38 heavy (non-hydrogen) atoms. The lowest BCUT2D eigenvalue weighted by Crippen LogP contribution is -2.55. The summed E-state index contributed by atoms with van der Waals surface area (Å²) in [4.78, 5) is 42.2. The lowest BCUT2D eigenvalue weighted by atomic mass is 9.95. The first-order valence-electron chi connectivity index (χ1n) is 13.0. The van der Waals surface area contributed by atoms with Gasteiger partial charge in [0.05, 0.1) is 7.11 Å². The Bertz CT molecular complexity index is 1120. The van der Waals surface area contributed by atoms with E-state index in [1.807, 2.05) is 13.8 Å². The number of alkyl carbamates (subject to hydrolysis) is 1. The van der Waals surface area contributed by atoms with Gasteiger partial charge >= 0.3 is 6.09 Å². The summed E-state index contributed by atoms with van der Waals surface area (Å²) in [5, 5.41) is 15.9. The molecule has 3 rings (SSSR count). The highest BCUT2D eigenvalue weighted by atomic mass is 16.6. The molecule has 0 aliphatic heterocycles. The van der Waals surface area contributed by atoms with Crippen LogP contribution in [0, 0.1) is 5.92 Å². The Morgan fingerprint density at radius 2 is 1.76 bits per heavy atom. The van der Waals surface area contributed by atoms with Gasteiger partial charge in [-0.05, 0) is 81.5 Å². The summed E-state index contributed by atoms with van der Waals surface area (Å²) in [6.45, 7) is 9.08. The maximum atomic E-state index is 14.2. The summed E-state index contributed by atoms with van der Waals surface area (Å²) >= 11 is 0. The highest BCUT2D eigenvalue weighted by Crippen LogP contribution is 2.37. The van der Waals surface area contributed by atoms with E-state index in [1.165, 1.54) is 12.1 Å². The highest BCUT2D eigenvalue weighted by Gasteiger charge is 2.45. The topological polar surface area (TPSA) is 117 Å². The van der Waals surface area contributed by atoms with Gasteiger partial charge in [0.25, 0.3) is 5.91 Å². The summed E-state index contributed by atoms with van der Waals surface area (Å²) < 4.78 is 10.6. The van der Waals surface area contributed by atoms with E-state index >= 15 is 0 Å². The molecule has 1 saturated carbocycles. The van der Waals surface area contributed by atoms with Crippen LogP contribution in [0.4, 0.5) is 10.5 Å². The second-order valence-electron chi connectivity index (χ2n) is 10.7. The third kappa shape index (κ3) is 7.63. The van der Waals surface area contributed by atoms with Gasteiger partial charge in [-0.25, -0.2) is 4.79 Å². The molecule has 1 aliphatic carbocycles. The summed E-state index contributed by atoms with van der Waals surface area (Å²) in [5.41, 5.74) is 0.275. The Hall–Kier alpha value is -3.75. The molecule has 3 atom stereocenters. The molecule has 0 spiro atoms.